The Balaban J connectivity index is 1.50. The SMILES string of the molecule is COc1ccc(-c2nc3scc(CCNS(=O)(=O)c4ccc(Cl)cc4)n3n2)cc1OC. The van der Waals surface area contributed by atoms with Crippen molar-refractivity contribution in [1.29, 1.82) is 0 Å². The molecule has 2 aromatic heterocycles. The number of hydrogen-bond acceptors (Lipinski definition) is 7. The van der Waals surface area contributed by atoms with Gasteiger partial charge in [-0.05, 0) is 42.5 Å². The number of sulfonamides is 1. The summed E-state index contributed by atoms with van der Waals surface area (Å²) in [4.78, 5) is 5.46. The van der Waals surface area contributed by atoms with Gasteiger partial charge in [-0.1, -0.05) is 11.6 Å². The Morgan fingerprint density at radius 1 is 1.10 bits per heavy atom. The lowest BCUT2D eigenvalue weighted by molar-refractivity contribution is 0.355. The highest BCUT2D eigenvalue weighted by molar-refractivity contribution is 7.89. The number of methoxy groups -OCH3 is 2. The molecule has 0 saturated heterocycles. The van der Waals surface area contributed by atoms with E-state index >= 15 is 0 Å². The summed E-state index contributed by atoms with van der Waals surface area (Å²) in [5.74, 6) is 1.77. The summed E-state index contributed by atoms with van der Waals surface area (Å²) in [6.07, 6.45) is 0.460. The number of ether oxygens (including phenoxy) is 2. The van der Waals surface area contributed by atoms with Gasteiger partial charge in [0.15, 0.2) is 17.3 Å². The van der Waals surface area contributed by atoms with E-state index in [1.54, 1.807) is 36.9 Å². The molecule has 0 bridgehead atoms. The van der Waals surface area contributed by atoms with Gasteiger partial charge in [0.25, 0.3) is 0 Å². The van der Waals surface area contributed by atoms with E-state index in [1.807, 2.05) is 17.5 Å². The normalized spacial score (nSPS) is 11.7. The van der Waals surface area contributed by atoms with E-state index in [2.05, 4.69) is 14.8 Å². The number of thiazole rings is 1. The first-order valence-electron chi connectivity index (χ1n) is 9.22. The first kappa shape index (κ1) is 21.6. The van der Waals surface area contributed by atoms with Crippen LogP contribution in [-0.4, -0.2) is 43.8 Å². The predicted octanol–water partition coefficient (Wildman–Crippen LogP) is 3.65. The van der Waals surface area contributed by atoms with Crippen molar-refractivity contribution in [3.8, 4) is 22.9 Å². The molecule has 0 aliphatic heterocycles. The fourth-order valence-electron chi connectivity index (χ4n) is 3.00. The summed E-state index contributed by atoms with van der Waals surface area (Å²) in [7, 11) is -0.459. The number of fused-ring (bicyclic) bond motifs is 1. The van der Waals surface area contributed by atoms with Crippen LogP contribution in [0.4, 0.5) is 0 Å². The summed E-state index contributed by atoms with van der Waals surface area (Å²) in [6.45, 7) is 0.225. The fourth-order valence-corrected chi connectivity index (χ4v) is 5.02. The van der Waals surface area contributed by atoms with Crippen molar-refractivity contribution in [2.45, 2.75) is 11.3 Å². The minimum absolute atomic E-state index is 0.170. The van der Waals surface area contributed by atoms with E-state index in [-0.39, 0.29) is 11.4 Å². The van der Waals surface area contributed by atoms with Gasteiger partial charge in [0, 0.05) is 28.9 Å². The van der Waals surface area contributed by atoms with E-state index < -0.39 is 10.0 Å². The maximum Gasteiger partial charge on any atom is 0.240 e. The largest absolute Gasteiger partial charge is 0.493 e. The van der Waals surface area contributed by atoms with Gasteiger partial charge in [-0.25, -0.2) is 17.7 Å². The van der Waals surface area contributed by atoms with Gasteiger partial charge < -0.3 is 9.47 Å². The Hall–Kier alpha value is -2.66. The number of halogens is 1. The topological polar surface area (TPSA) is 94.8 Å². The van der Waals surface area contributed by atoms with Crippen LogP contribution in [0.15, 0.2) is 52.7 Å². The van der Waals surface area contributed by atoms with Crippen LogP contribution in [0.1, 0.15) is 5.69 Å². The molecule has 2 heterocycles. The molecule has 162 valence electrons. The van der Waals surface area contributed by atoms with Gasteiger partial charge in [-0.15, -0.1) is 16.4 Å². The second kappa shape index (κ2) is 8.83. The molecule has 8 nitrogen and oxygen atoms in total. The van der Waals surface area contributed by atoms with Gasteiger partial charge in [0.05, 0.1) is 24.8 Å². The highest BCUT2D eigenvalue weighted by Crippen LogP contribution is 2.31. The summed E-state index contributed by atoms with van der Waals surface area (Å²) in [5.41, 5.74) is 1.65. The monoisotopic (exact) mass is 478 g/mol. The fraction of sp³-hybridized carbons (Fsp3) is 0.200. The zero-order chi connectivity index (χ0) is 22.0. The molecule has 0 aliphatic carbocycles. The van der Waals surface area contributed by atoms with Crippen LogP contribution in [0.2, 0.25) is 5.02 Å². The van der Waals surface area contributed by atoms with Crippen LogP contribution in [0.3, 0.4) is 0 Å². The molecule has 4 rings (SSSR count). The molecule has 11 heteroatoms. The first-order chi connectivity index (χ1) is 14.9. The van der Waals surface area contributed by atoms with E-state index in [9.17, 15) is 8.42 Å². The second-order valence-corrected chi connectivity index (χ2v) is 9.57. The number of nitrogens with one attached hydrogen (secondary N) is 1. The summed E-state index contributed by atoms with van der Waals surface area (Å²) >= 11 is 7.27. The van der Waals surface area contributed by atoms with Crippen molar-refractivity contribution in [3.05, 3.63) is 58.6 Å². The minimum atomic E-state index is -3.61. The highest BCUT2D eigenvalue weighted by atomic mass is 35.5. The molecule has 0 atom stereocenters. The molecule has 0 fully saturated rings. The average Bonchev–Trinajstić information content (AvgIpc) is 3.35. The zero-order valence-corrected chi connectivity index (χ0v) is 19.1. The van der Waals surface area contributed by atoms with Crippen molar-refractivity contribution in [2.75, 3.05) is 20.8 Å². The number of hydrogen-bond donors (Lipinski definition) is 1. The third kappa shape index (κ3) is 4.52. The second-order valence-electron chi connectivity index (χ2n) is 6.53. The number of benzene rings is 2. The molecule has 0 saturated carbocycles. The Morgan fingerprint density at radius 3 is 2.55 bits per heavy atom. The van der Waals surface area contributed by atoms with Crippen molar-refractivity contribution in [3.63, 3.8) is 0 Å². The van der Waals surface area contributed by atoms with Crippen LogP contribution in [0.5, 0.6) is 11.5 Å². The van der Waals surface area contributed by atoms with Gasteiger partial charge in [-0.2, -0.15) is 4.98 Å². The van der Waals surface area contributed by atoms with E-state index in [0.717, 1.165) is 16.2 Å². The summed E-state index contributed by atoms with van der Waals surface area (Å²) in [6, 6.07) is 11.5. The van der Waals surface area contributed by atoms with Gasteiger partial charge in [0.2, 0.25) is 15.0 Å². The van der Waals surface area contributed by atoms with Crippen molar-refractivity contribution < 1.29 is 17.9 Å². The molecule has 0 radical (unpaired) electrons. The van der Waals surface area contributed by atoms with Crippen LogP contribution in [0, 0.1) is 0 Å². The molecule has 0 aliphatic rings. The van der Waals surface area contributed by atoms with Crippen molar-refractivity contribution >= 4 is 37.9 Å². The average molecular weight is 479 g/mol. The van der Waals surface area contributed by atoms with E-state index in [4.69, 9.17) is 21.1 Å². The molecule has 0 amide bonds. The van der Waals surface area contributed by atoms with Crippen LogP contribution in [-0.2, 0) is 16.4 Å². The first-order valence-corrected chi connectivity index (χ1v) is 12.0. The molecule has 4 aromatic rings. The molecular formula is C20H19ClN4O4S2. The van der Waals surface area contributed by atoms with Gasteiger partial charge in [-0.3, -0.25) is 0 Å². The Kier molecular flexibility index (Phi) is 6.15. The summed E-state index contributed by atoms with van der Waals surface area (Å²) < 4.78 is 39.8. The van der Waals surface area contributed by atoms with Crippen LogP contribution in [0.25, 0.3) is 16.3 Å². The third-order valence-corrected chi connectivity index (χ3v) is 7.18. The molecule has 1 N–H and O–H groups in total. The molecule has 31 heavy (non-hydrogen) atoms. The van der Waals surface area contributed by atoms with Crippen LogP contribution >= 0.6 is 22.9 Å². The third-order valence-electron chi connectivity index (χ3n) is 4.59. The summed E-state index contributed by atoms with van der Waals surface area (Å²) in [5, 5.41) is 6.99. The maximum atomic E-state index is 12.4. The van der Waals surface area contributed by atoms with E-state index in [0.29, 0.717) is 28.8 Å². The number of rotatable bonds is 8. The lowest BCUT2D eigenvalue weighted by Gasteiger charge is -2.07. The Morgan fingerprint density at radius 2 is 1.84 bits per heavy atom. The van der Waals surface area contributed by atoms with Gasteiger partial charge in [0.1, 0.15) is 0 Å². The zero-order valence-electron chi connectivity index (χ0n) is 16.7. The predicted molar refractivity (Wildman–Crippen MR) is 120 cm³/mol. The van der Waals surface area contributed by atoms with E-state index in [1.165, 1.54) is 23.5 Å². The Labute approximate surface area is 188 Å². The maximum absolute atomic E-state index is 12.4. The minimum Gasteiger partial charge on any atom is -0.493 e. The molecule has 0 unspecified atom stereocenters. The number of nitrogens with zero attached hydrogens (tertiary/aromatic N) is 3. The quantitative estimate of drug-likeness (QED) is 0.415. The molecular weight excluding hydrogens is 460 g/mol. The van der Waals surface area contributed by atoms with Gasteiger partial charge >= 0.3 is 0 Å². The molecule has 2 aromatic carbocycles. The molecule has 0 spiro atoms. The highest BCUT2D eigenvalue weighted by Gasteiger charge is 2.16. The smallest absolute Gasteiger partial charge is 0.240 e. The Bertz CT molecular complexity index is 1320. The van der Waals surface area contributed by atoms with Crippen LogP contribution < -0.4 is 14.2 Å². The van der Waals surface area contributed by atoms with Crippen molar-refractivity contribution in [1.82, 2.24) is 19.3 Å². The lowest BCUT2D eigenvalue weighted by Crippen LogP contribution is -2.26. The number of aromatic nitrogens is 3. The van der Waals surface area contributed by atoms with Crippen molar-refractivity contribution in [2.24, 2.45) is 0 Å². The standard InChI is InChI=1S/C20H19ClN4O4S2/c1-28-17-8-3-13(11-18(17)29-2)19-23-20-25(24-19)15(12-30-20)9-10-22-31(26,27)16-6-4-14(21)5-7-16/h3-8,11-12,22H,9-10H2,1-2H3. The lowest BCUT2D eigenvalue weighted by atomic mass is 10.2.